The fourth-order valence-electron chi connectivity index (χ4n) is 2.42. The van der Waals surface area contributed by atoms with Gasteiger partial charge in [0.1, 0.15) is 0 Å². The lowest BCUT2D eigenvalue weighted by Gasteiger charge is -2.33. The van der Waals surface area contributed by atoms with Gasteiger partial charge in [0.15, 0.2) is 0 Å². The van der Waals surface area contributed by atoms with Gasteiger partial charge in [-0.3, -0.25) is 0 Å². The summed E-state index contributed by atoms with van der Waals surface area (Å²) in [5.74, 6) is 0.587. The molecule has 1 saturated heterocycles. The largest absolute Gasteiger partial charge is 0.331 e. The van der Waals surface area contributed by atoms with Crippen LogP contribution < -0.4 is 0 Å². The Morgan fingerprint density at radius 2 is 1.78 bits per heavy atom. The van der Waals surface area contributed by atoms with E-state index >= 15 is 0 Å². The molecule has 0 atom stereocenters. The predicted octanol–water partition coefficient (Wildman–Crippen LogP) is 3.31. The normalized spacial score (nSPS) is 16.7. The number of halogens is 1. The van der Waals surface area contributed by atoms with Crippen LogP contribution >= 0.6 is 15.9 Å². The van der Waals surface area contributed by atoms with Crippen LogP contribution in [-0.2, 0) is 0 Å². The van der Waals surface area contributed by atoms with E-state index in [9.17, 15) is 4.79 Å². The summed E-state index contributed by atoms with van der Waals surface area (Å²) in [7, 11) is 3.62. The second kappa shape index (κ2) is 5.74. The van der Waals surface area contributed by atoms with Gasteiger partial charge in [0, 0.05) is 31.7 Å². The summed E-state index contributed by atoms with van der Waals surface area (Å²) in [5, 5.41) is 0. The molecule has 1 fully saturated rings. The molecule has 0 radical (unpaired) electrons. The molecule has 0 saturated carbocycles. The quantitative estimate of drug-likeness (QED) is 0.780. The number of piperidine rings is 1. The Balaban J connectivity index is 1.94. The standard InChI is InChI=1S/C14H19BrN2O/c1-16(2)14(18)17-9-7-12(8-10-17)11-3-5-13(15)6-4-11/h3-6,12H,7-10H2,1-2H3. The van der Waals surface area contributed by atoms with E-state index in [2.05, 4.69) is 40.2 Å². The number of rotatable bonds is 1. The van der Waals surface area contributed by atoms with Gasteiger partial charge in [0.05, 0.1) is 0 Å². The molecule has 98 valence electrons. The highest BCUT2D eigenvalue weighted by atomic mass is 79.9. The molecule has 1 aromatic carbocycles. The van der Waals surface area contributed by atoms with Gasteiger partial charge in [0.2, 0.25) is 0 Å². The van der Waals surface area contributed by atoms with Crippen LogP contribution in [0.4, 0.5) is 4.79 Å². The van der Waals surface area contributed by atoms with Crippen LogP contribution in [0.3, 0.4) is 0 Å². The SMILES string of the molecule is CN(C)C(=O)N1CCC(c2ccc(Br)cc2)CC1. The van der Waals surface area contributed by atoms with Gasteiger partial charge >= 0.3 is 6.03 Å². The fourth-order valence-corrected chi connectivity index (χ4v) is 2.69. The van der Waals surface area contributed by atoms with E-state index in [1.54, 1.807) is 4.90 Å². The van der Waals surface area contributed by atoms with Gasteiger partial charge in [-0.2, -0.15) is 0 Å². The van der Waals surface area contributed by atoms with Gasteiger partial charge < -0.3 is 9.80 Å². The van der Waals surface area contributed by atoms with Gasteiger partial charge in [-0.15, -0.1) is 0 Å². The third-order valence-electron chi connectivity index (χ3n) is 3.49. The highest BCUT2D eigenvalue weighted by Gasteiger charge is 2.24. The Morgan fingerprint density at radius 3 is 2.28 bits per heavy atom. The molecule has 2 rings (SSSR count). The Kier molecular flexibility index (Phi) is 4.27. The van der Waals surface area contributed by atoms with Crippen LogP contribution in [-0.4, -0.2) is 43.0 Å². The predicted molar refractivity (Wildman–Crippen MR) is 76.8 cm³/mol. The first-order valence-electron chi connectivity index (χ1n) is 6.29. The molecule has 1 heterocycles. The van der Waals surface area contributed by atoms with Crippen LogP contribution in [0, 0.1) is 0 Å². The maximum atomic E-state index is 11.8. The summed E-state index contributed by atoms with van der Waals surface area (Å²) < 4.78 is 1.12. The van der Waals surface area contributed by atoms with Crippen molar-refractivity contribution >= 4 is 22.0 Å². The van der Waals surface area contributed by atoms with Crippen molar-refractivity contribution in [3.8, 4) is 0 Å². The highest BCUT2D eigenvalue weighted by molar-refractivity contribution is 9.10. The number of carbonyl (C=O) groups is 1. The minimum atomic E-state index is 0.129. The van der Waals surface area contributed by atoms with Crippen molar-refractivity contribution in [3.05, 3.63) is 34.3 Å². The Morgan fingerprint density at radius 1 is 1.22 bits per heavy atom. The highest BCUT2D eigenvalue weighted by Crippen LogP contribution is 2.29. The first kappa shape index (κ1) is 13.4. The number of amides is 2. The number of hydrogen-bond acceptors (Lipinski definition) is 1. The Bertz CT molecular complexity index is 408. The van der Waals surface area contributed by atoms with Crippen LogP contribution in [0.2, 0.25) is 0 Å². The van der Waals surface area contributed by atoms with Crippen molar-refractivity contribution in [1.29, 1.82) is 0 Å². The molecule has 1 aromatic rings. The van der Waals surface area contributed by atoms with E-state index in [0.717, 1.165) is 30.4 Å². The first-order chi connectivity index (χ1) is 8.58. The molecule has 1 aliphatic rings. The molecule has 0 bridgehead atoms. The molecule has 0 unspecified atom stereocenters. The van der Waals surface area contributed by atoms with E-state index in [0.29, 0.717) is 5.92 Å². The third kappa shape index (κ3) is 3.05. The van der Waals surface area contributed by atoms with E-state index in [4.69, 9.17) is 0 Å². The van der Waals surface area contributed by atoms with Crippen LogP contribution in [0.5, 0.6) is 0 Å². The molecule has 0 N–H and O–H groups in total. The Labute approximate surface area is 117 Å². The van der Waals surface area contributed by atoms with Gasteiger partial charge in [-0.25, -0.2) is 4.79 Å². The van der Waals surface area contributed by atoms with E-state index in [-0.39, 0.29) is 6.03 Å². The van der Waals surface area contributed by atoms with E-state index < -0.39 is 0 Å². The zero-order valence-corrected chi connectivity index (χ0v) is 12.5. The number of benzene rings is 1. The van der Waals surface area contributed by atoms with Crippen molar-refractivity contribution < 1.29 is 4.79 Å². The molecule has 2 amide bonds. The summed E-state index contributed by atoms with van der Waals surface area (Å²) >= 11 is 3.46. The second-order valence-corrected chi connectivity index (χ2v) is 5.91. The molecule has 0 spiro atoms. The number of likely N-dealkylation sites (tertiary alicyclic amines) is 1. The molecule has 1 aliphatic heterocycles. The minimum Gasteiger partial charge on any atom is -0.331 e. The molecule has 4 heteroatoms. The number of nitrogens with zero attached hydrogens (tertiary/aromatic N) is 2. The topological polar surface area (TPSA) is 23.6 Å². The monoisotopic (exact) mass is 310 g/mol. The average Bonchev–Trinajstić information content (AvgIpc) is 2.39. The summed E-state index contributed by atoms with van der Waals surface area (Å²) in [5.41, 5.74) is 1.38. The minimum absolute atomic E-state index is 0.129. The van der Waals surface area contributed by atoms with Gasteiger partial charge in [0.25, 0.3) is 0 Å². The van der Waals surface area contributed by atoms with Gasteiger partial charge in [-0.1, -0.05) is 28.1 Å². The first-order valence-corrected chi connectivity index (χ1v) is 7.09. The zero-order valence-electron chi connectivity index (χ0n) is 10.9. The summed E-state index contributed by atoms with van der Waals surface area (Å²) in [6.07, 6.45) is 2.11. The van der Waals surface area contributed by atoms with Crippen molar-refractivity contribution in [3.63, 3.8) is 0 Å². The number of hydrogen-bond donors (Lipinski definition) is 0. The van der Waals surface area contributed by atoms with Crippen molar-refractivity contribution in [2.75, 3.05) is 27.2 Å². The Hall–Kier alpha value is -1.03. The van der Waals surface area contributed by atoms with Crippen LogP contribution in [0.1, 0.15) is 24.3 Å². The molecule has 0 aliphatic carbocycles. The van der Waals surface area contributed by atoms with Crippen molar-refractivity contribution in [1.82, 2.24) is 9.80 Å². The van der Waals surface area contributed by atoms with Crippen molar-refractivity contribution in [2.45, 2.75) is 18.8 Å². The van der Waals surface area contributed by atoms with E-state index in [1.165, 1.54) is 5.56 Å². The lowest BCUT2D eigenvalue weighted by atomic mass is 9.90. The fraction of sp³-hybridized carbons (Fsp3) is 0.500. The van der Waals surface area contributed by atoms with E-state index in [1.807, 2.05) is 19.0 Å². The second-order valence-electron chi connectivity index (χ2n) is 4.99. The maximum absolute atomic E-state index is 11.8. The molecule has 18 heavy (non-hydrogen) atoms. The average molecular weight is 311 g/mol. The molecular weight excluding hydrogens is 292 g/mol. The lowest BCUT2D eigenvalue weighted by molar-refractivity contribution is 0.156. The lowest BCUT2D eigenvalue weighted by Crippen LogP contribution is -2.43. The zero-order chi connectivity index (χ0) is 13.1. The summed E-state index contributed by atoms with van der Waals surface area (Å²) in [6, 6.07) is 8.67. The van der Waals surface area contributed by atoms with Crippen LogP contribution in [0.15, 0.2) is 28.7 Å². The molecular formula is C14H19BrN2O. The summed E-state index contributed by atoms with van der Waals surface area (Å²) in [6.45, 7) is 1.72. The molecule has 0 aromatic heterocycles. The van der Waals surface area contributed by atoms with Crippen molar-refractivity contribution in [2.24, 2.45) is 0 Å². The third-order valence-corrected chi connectivity index (χ3v) is 4.02. The van der Waals surface area contributed by atoms with Crippen LogP contribution in [0.25, 0.3) is 0 Å². The smallest absolute Gasteiger partial charge is 0.319 e. The molecule has 3 nitrogen and oxygen atoms in total. The number of carbonyl (C=O) groups excluding carboxylic acids is 1. The van der Waals surface area contributed by atoms with Gasteiger partial charge in [-0.05, 0) is 36.5 Å². The maximum Gasteiger partial charge on any atom is 0.319 e. The number of urea groups is 1. The summed E-state index contributed by atoms with van der Waals surface area (Å²) in [4.78, 5) is 15.4.